The van der Waals surface area contributed by atoms with Gasteiger partial charge in [0, 0.05) is 23.6 Å². The van der Waals surface area contributed by atoms with E-state index in [1.807, 2.05) is 37.3 Å². The van der Waals surface area contributed by atoms with Crippen molar-refractivity contribution in [1.82, 2.24) is 5.32 Å². The zero-order chi connectivity index (χ0) is 22.4. The van der Waals surface area contributed by atoms with Crippen molar-refractivity contribution in [2.45, 2.75) is 19.3 Å². The van der Waals surface area contributed by atoms with Crippen LogP contribution in [0.25, 0.3) is 0 Å². The fraction of sp³-hybridized carbons (Fsp3) is 0.261. The summed E-state index contributed by atoms with van der Waals surface area (Å²) in [5, 5.41) is 15.8. The first-order chi connectivity index (χ1) is 15.0. The molecular formula is C23H23N3O4S. The normalized spacial score (nSPS) is 15.7. The molecule has 0 saturated carbocycles. The van der Waals surface area contributed by atoms with Gasteiger partial charge in [-0.2, -0.15) is 5.26 Å². The number of nitrogens with zero attached hydrogens (tertiary/aromatic N) is 1. The van der Waals surface area contributed by atoms with Crippen molar-refractivity contribution < 1.29 is 19.1 Å². The van der Waals surface area contributed by atoms with E-state index in [9.17, 15) is 14.9 Å². The van der Waals surface area contributed by atoms with Gasteiger partial charge < -0.3 is 20.1 Å². The standard InChI is InChI=1S/C23H23N3O4S/c1-14-7-9-15(10-8-14)25-21(28)13-31-23-18(12-24)17(11-20(27)26-23)16-5-4-6-19(29-2)22(16)30-3/h4-10,17H,11,13H2,1-3H3,(H,25,28)(H,26,27). The first kappa shape index (κ1) is 22.2. The Balaban J connectivity index is 1.83. The second-order valence-corrected chi connectivity index (χ2v) is 7.93. The van der Waals surface area contributed by atoms with Crippen LogP contribution in [0, 0.1) is 18.3 Å². The first-order valence-corrected chi connectivity index (χ1v) is 10.6. The van der Waals surface area contributed by atoms with Crippen LogP contribution in [-0.2, 0) is 9.59 Å². The van der Waals surface area contributed by atoms with Gasteiger partial charge in [0.05, 0.1) is 36.6 Å². The highest BCUT2D eigenvalue weighted by atomic mass is 32.2. The maximum absolute atomic E-state index is 12.4. The van der Waals surface area contributed by atoms with Crippen molar-refractivity contribution in [3.05, 3.63) is 64.2 Å². The molecule has 8 heteroatoms. The summed E-state index contributed by atoms with van der Waals surface area (Å²) in [6.07, 6.45) is 0.103. The lowest BCUT2D eigenvalue weighted by atomic mass is 9.86. The van der Waals surface area contributed by atoms with Crippen LogP contribution >= 0.6 is 11.8 Å². The number of ether oxygens (including phenoxy) is 2. The summed E-state index contributed by atoms with van der Waals surface area (Å²) in [4.78, 5) is 24.8. The highest BCUT2D eigenvalue weighted by Crippen LogP contribution is 2.43. The van der Waals surface area contributed by atoms with Gasteiger partial charge in [0.15, 0.2) is 11.5 Å². The average molecular weight is 438 g/mol. The second-order valence-electron chi connectivity index (χ2n) is 6.95. The molecule has 7 nitrogen and oxygen atoms in total. The molecule has 0 fully saturated rings. The molecule has 0 bridgehead atoms. The Morgan fingerprint density at radius 1 is 1.23 bits per heavy atom. The smallest absolute Gasteiger partial charge is 0.234 e. The molecule has 0 aromatic heterocycles. The number of para-hydroxylation sites is 1. The minimum absolute atomic E-state index is 0.0522. The fourth-order valence-electron chi connectivity index (χ4n) is 3.36. The van der Waals surface area contributed by atoms with Crippen molar-refractivity contribution in [1.29, 1.82) is 5.26 Å². The summed E-state index contributed by atoms with van der Waals surface area (Å²) in [7, 11) is 3.05. The summed E-state index contributed by atoms with van der Waals surface area (Å²) in [6.45, 7) is 1.97. The number of rotatable bonds is 7. The monoisotopic (exact) mass is 437 g/mol. The van der Waals surface area contributed by atoms with Gasteiger partial charge in [0.1, 0.15) is 0 Å². The zero-order valence-corrected chi connectivity index (χ0v) is 18.3. The number of nitrogens with one attached hydrogen (secondary N) is 2. The molecule has 0 saturated heterocycles. The number of amides is 2. The number of carbonyl (C=O) groups is 2. The van der Waals surface area contributed by atoms with Gasteiger partial charge in [-0.3, -0.25) is 9.59 Å². The number of nitriles is 1. The Morgan fingerprint density at radius 3 is 2.61 bits per heavy atom. The number of anilines is 1. The molecule has 2 amide bonds. The molecular weight excluding hydrogens is 414 g/mol. The molecule has 160 valence electrons. The Morgan fingerprint density at radius 2 is 1.97 bits per heavy atom. The maximum atomic E-state index is 12.4. The Labute approximate surface area is 185 Å². The number of allylic oxidation sites excluding steroid dienone is 1. The molecule has 31 heavy (non-hydrogen) atoms. The van der Waals surface area contributed by atoms with Crippen LogP contribution in [0.5, 0.6) is 11.5 Å². The molecule has 0 aliphatic carbocycles. The second kappa shape index (κ2) is 10.0. The predicted octanol–water partition coefficient (Wildman–Crippen LogP) is 3.72. The molecule has 2 N–H and O–H groups in total. The lowest BCUT2D eigenvalue weighted by Gasteiger charge is -2.26. The Bertz CT molecular complexity index is 1060. The summed E-state index contributed by atoms with van der Waals surface area (Å²) < 4.78 is 10.8. The number of hydrogen-bond donors (Lipinski definition) is 2. The van der Waals surface area contributed by atoms with Crippen LogP contribution in [0.4, 0.5) is 5.69 Å². The Hall–Kier alpha value is -3.44. The number of hydrogen-bond acceptors (Lipinski definition) is 6. The number of benzene rings is 2. The van der Waals surface area contributed by atoms with Crippen LogP contribution < -0.4 is 20.1 Å². The molecule has 2 aromatic rings. The average Bonchev–Trinajstić information content (AvgIpc) is 2.78. The van der Waals surface area contributed by atoms with Gasteiger partial charge in [0.25, 0.3) is 0 Å². The van der Waals surface area contributed by atoms with Crippen molar-refractivity contribution in [2.24, 2.45) is 0 Å². The number of methoxy groups -OCH3 is 2. The van der Waals surface area contributed by atoms with E-state index in [-0.39, 0.29) is 24.0 Å². The third kappa shape index (κ3) is 5.19. The minimum atomic E-state index is -0.494. The highest BCUT2D eigenvalue weighted by molar-refractivity contribution is 8.03. The van der Waals surface area contributed by atoms with E-state index >= 15 is 0 Å². The van der Waals surface area contributed by atoms with Gasteiger partial charge in [-0.25, -0.2) is 0 Å². The first-order valence-electron chi connectivity index (χ1n) is 9.61. The lowest BCUT2D eigenvalue weighted by molar-refractivity contribution is -0.121. The van der Waals surface area contributed by atoms with Crippen molar-refractivity contribution >= 4 is 29.3 Å². The molecule has 0 radical (unpaired) electrons. The van der Waals surface area contributed by atoms with Gasteiger partial charge >= 0.3 is 0 Å². The minimum Gasteiger partial charge on any atom is -0.493 e. The fourth-order valence-corrected chi connectivity index (χ4v) is 4.23. The number of carbonyl (C=O) groups excluding carboxylic acids is 2. The van der Waals surface area contributed by atoms with E-state index < -0.39 is 5.92 Å². The van der Waals surface area contributed by atoms with E-state index in [1.54, 1.807) is 12.1 Å². The summed E-state index contributed by atoms with van der Waals surface area (Å²) in [5.41, 5.74) is 2.87. The summed E-state index contributed by atoms with van der Waals surface area (Å²) in [5.74, 6) is 0.112. The SMILES string of the molecule is COc1cccc(C2CC(=O)NC(SCC(=O)Nc3ccc(C)cc3)=C2C#N)c1OC. The number of thioether (sulfide) groups is 1. The lowest BCUT2D eigenvalue weighted by Crippen LogP contribution is -2.31. The van der Waals surface area contributed by atoms with Gasteiger partial charge in [-0.1, -0.05) is 41.6 Å². The molecule has 1 aliphatic rings. The van der Waals surface area contributed by atoms with Gasteiger partial charge in [-0.05, 0) is 25.1 Å². The Kier molecular flexibility index (Phi) is 7.21. The van der Waals surface area contributed by atoms with Gasteiger partial charge in [-0.15, -0.1) is 0 Å². The maximum Gasteiger partial charge on any atom is 0.234 e. The van der Waals surface area contributed by atoms with Crippen LogP contribution in [0.3, 0.4) is 0 Å². The van der Waals surface area contributed by atoms with Crippen molar-refractivity contribution in [2.75, 3.05) is 25.3 Å². The van der Waals surface area contributed by atoms with Crippen molar-refractivity contribution in [3.8, 4) is 17.6 Å². The van der Waals surface area contributed by atoms with Crippen molar-refractivity contribution in [3.63, 3.8) is 0 Å². The van der Waals surface area contributed by atoms with Crippen LogP contribution in [-0.4, -0.2) is 31.8 Å². The van der Waals surface area contributed by atoms with E-state index in [4.69, 9.17) is 9.47 Å². The molecule has 1 atom stereocenters. The predicted molar refractivity (Wildman–Crippen MR) is 120 cm³/mol. The quantitative estimate of drug-likeness (QED) is 0.685. The molecule has 0 spiro atoms. The van der Waals surface area contributed by atoms with Crippen LogP contribution in [0.2, 0.25) is 0 Å². The summed E-state index contributed by atoms with van der Waals surface area (Å²) in [6, 6.07) is 15.0. The largest absolute Gasteiger partial charge is 0.493 e. The molecule has 1 unspecified atom stereocenters. The topological polar surface area (TPSA) is 100 Å². The summed E-state index contributed by atoms with van der Waals surface area (Å²) >= 11 is 1.13. The van der Waals surface area contributed by atoms with E-state index in [0.29, 0.717) is 33.4 Å². The van der Waals surface area contributed by atoms with Crippen LogP contribution in [0.1, 0.15) is 23.5 Å². The molecule has 1 heterocycles. The third-order valence-electron chi connectivity index (χ3n) is 4.85. The van der Waals surface area contributed by atoms with Gasteiger partial charge in [0.2, 0.25) is 11.8 Å². The molecule has 2 aromatic carbocycles. The molecule has 3 rings (SSSR count). The van der Waals surface area contributed by atoms with Crippen LogP contribution in [0.15, 0.2) is 53.1 Å². The number of aryl methyl sites for hydroxylation is 1. The van der Waals surface area contributed by atoms with E-state index in [1.165, 1.54) is 14.2 Å². The van der Waals surface area contributed by atoms with E-state index in [2.05, 4.69) is 16.7 Å². The van der Waals surface area contributed by atoms with E-state index in [0.717, 1.165) is 17.3 Å². The zero-order valence-electron chi connectivity index (χ0n) is 17.5. The third-order valence-corrected chi connectivity index (χ3v) is 5.86. The molecule has 1 aliphatic heterocycles. The highest BCUT2D eigenvalue weighted by Gasteiger charge is 2.32.